The monoisotopic (exact) mass is 292 g/mol. The van der Waals surface area contributed by atoms with Gasteiger partial charge in [0.05, 0.1) is 3.79 Å². The Morgan fingerprint density at radius 2 is 2.08 bits per heavy atom. The molecule has 0 aliphatic carbocycles. The number of hydrogen-bond acceptors (Lipinski definition) is 1. The highest BCUT2D eigenvalue weighted by Crippen LogP contribution is 2.42. The van der Waals surface area contributed by atoms with E-state index in [2.05, 4.69) is 15.9 Å². The van der Waals surface area contributed by atoms with E-state index < -0.39 is 11.6 Å². The van der Waals surface area contributed by atoms with Crippen molar-refractivity contribution in [1.29, 1.82) is 0 Å². The Labute approximate surface area is 90.8 Å². The molecule has 0 fully saturated rings. The maximum absolute atomic E-state index is 12.2. The van der Waals surface area contributed by atoms with Gasteiger partial charge in [-0.25, -0.2) is 0 Å². The van der Waals surface area contributed by atoms with Crippen molar-refractivity contribution < 1.29 is 13.2 Å². The van der Waals surface area contributed by atoms with Gasteiger partial charge in [-0.15, -0.1) is 22.9 Å². The van der Waals surface area contributed by atoms with Crippen LogP contribution >= 0.6 is 38.9 Å². The lowest BCUT2D eigenvalue weighted by molar-refractivity contribution is -0.131. The summed E-state index contributed by atoms with van der Waals surface area (Å²) in [6.45, 7) is 1.62. The number of alkyl halides is 4. The Hall–Kier alpha value is 0.260. The summed E-state index contributed by atoms with van der Waals surface area (Å²) in [4.78, 5) is 0.587. The molecule has 1 aromatic rings. The van der Waals surface area contributed by atoms with Crippen LogP contribution in [-0.2, 0) is 0 Å². The van der Waals surface area contributed by atoms with Gasteiger partial charge in [0.2, 0.25) is 0 Å². The third kappa shape index (κ3) is 2.60. The van der Waals surface area contributed by atoms with Crippen molar-refractivity contribution in [3.8, 4) is 0 Å². The molecule has 0 nitrogen and oxygen atoms in total. The molecular weight excluding hydrogens is 288 g/mol. The summed E-state index contributed by atoms with van der Waals surface area (Å²) in [5, 5.41) is -1.91. The van der Waals surface area contributed by atoms with E-state index >= 15 is 0 Å². The Bertz CT molecular complexity index is 307. The highest BCUT2D eigenvalue weighted by Gasteiger charge is 2.40. The van der Waals surface area contributed by atoms with E-state index in [1.165, 1.54) is 17.4 Å². The van der Waals surface area contributed by atoms with Gasteiger partial charge in [0.1, 0.15) is 0 Å². The molecule has 13 heavy (non-hydrogen) atoms. The van der Waals surface area contributed by atoms with Gasteiger partial charge in [0, 0.05) is 4.88 Å². The molecule has 0 saturated carbocycles. The number of aryl methyl sites for hydroxylation is 1. The van der Waals surface area contributed by atoms with Crippen LogP contribution in [0.2, 0.25) is 0 Å². The van der Waals surface area contributed by atoms with Gasteiger partial charge in [-0.05, 0) is 34.5 Å². The lowest BCUT2D eigenvalue weighted by atomic mass is 10.2. The average Bonchev–Trinajstić information content (AvgIpc) is 2.26. The lowest BCUT2D eigenvalue weighted by Gasteiger charge is -2.12. The van der Waals surface area contributed by atoms with Crippen LogP contribution < -0.4 is 0 Å². The quantitative estimate of drug-likeness (QED) is 0.661. The van der Waals surface area contributed by atoms with Crippen molar-refractivity contribution in [3.05, 3.63) is 20.3 Å². The van der Waals surface area contributed by atoms with Crippen molar-refractivity contribution in [2.75, 3.05) is 0 Å². The van der Waals surface area contributed by atoms with E-state index in [-0.39, 0.29) is 5.56 Å². The normalized spacial score (nSPS) is 14.6. The fraction of sp³-hybridized carbons (Fsp3) is 0.429. The fourth-order valence-corrected chi connectivity index (χ4v) is 2.93. The number of rotatable bonds is 1. The molecule has 1 unspecified atom stereocenters. The molecule has 0 radical (unpaired) electrons. The molecule has 6 heteroatoms. The van der Waals surface area contributed by atoms with Crippen LogP contribution in [0, 0.1) is 6.92 Å². The summed E-state index contributed by atoms with van der Waals surface area (Å²) < 4.78 is 37.2. The number of hydrogen-bond donors (Lipinski definition) is 0. The lowest BCUT2D eigenvalue weighted by Crippen LogP contribution is -2.15. The largest absolute Gasteiger partial charge is 0.408 e. The Morgan fingerprint density at radius 1 is 1.54 bits per heavy atom. The minimum absolute atomic E-state index is 0.131. The summed E-state index contributed by atoms with van der Waals surface area (Å²) in [6.07, 6.45) is -4.38. The van der Waals surface area contributed by atoms with E-state index in [1.807, 2.05) is 0 Å². The first-order chi connectivity index (χ1) is 5.82. The first-order valence-electron chi connectivity index (χ1n) is 3.29. The molecule has 74 valence electrons. The van der Waals surface area contributed by atoms with Crippen molar-refractivity contribution in [2.24, 2.45) is 0 Å². The molecular formula is C7H5BrClF3S. The number of halogens is 5. The molecule has 0 saturated heterocycles. The smallest absolute Gasteiger partial charge is 0.169 e. The Balaban J connectivity index is 3.01. The fourth-order valence-electron chi connectivity index (χ4n) is 0.886. The predicted octanol–water partition coefficient (Wildman–Crippen LogP) is 4.66. The topological polar surface area (TPSA) is 0 Å². The summed E-state index contributed by atoms with van der Waals surface area (Å²) in [6, 6.07) is 1.41. The first kappa shape index (κ1) is 11.3. The summed E-state index contributed by atoms with van der Waals surface area (Å²) in [5.74, 6) is 0. The minimum Gasteiger partial charge on any atom is -0.169 e. The zero-order chi connectivity index (χ0) is 10.2. The van der Waals surface area contributed by atoms with Crippen LogP contribution in [-0.4, -0.2) is 6.18 Å². The van der Waals surface area contributed by atoms with Gasteiger partial charge < -0.3 is 0 Å². The Kier molecular flexibility index (Phi) is 3.30. The summed E-state index contributed by atoms with van der Waals surface area (Å²) >= 11 is 9.62. The standard InChI is InChI=1S/C7H5BrClF3S/c1-3-4(2-5(8)13-3)6(9)7(10,11)12/h2,6H,1H3. The van der Waals surface area contributed by atoms with Crippen LogP contribution in [0.25, 0.3) is 0 Å². The molecule has 1 aromatic heterocycles. The zero-order valence-corrected chi connectivity index (χ0v) is 9.61. The summed E-state index contributed by atoms with van der Waals surface area (Å²) in [5.41, 5.74) is 0.131. The van der Waals surface area contributed by atoms with Gasteiger partial charge in [0.15, 0.2) is 5.38 Å². The molecule has 0 N–H and O–H groups in total. The van der Waals surface area contributed by atoms with Crippen LogP contribution in [0.3, 0.4) is 0 Å². The highest BCUT2D eigenvalue weighted by atomic mass is 79.9. The zero-order valence-electron chi connectivity index (χ0n) is 6.45. The number of thiophene rings is 1. The van der Waals surface area contributed by atoms with Crippen LogP contribution in [0.4, 0.5) is 13.2 Å². The van der Waals surface area contributed by atoms with E-state index in [0.29, 0.717) is 8.66 Å². The molecule has 0 aliphatic rings. The molecule has 0 aliphatic heterocycles. The average molecular weight is 294 g/mol. The molecule has 0 bridgehead atoms. The third-order valence-electron chi connectivity index (χ3n) is 1.49. The predicted molar refractivity (Wildman–Crippen MR) is 51.4 cm³/mol. The molecule has 0 amide bonds. The Morgan fingerprint density at radius 3 is 2.38 bits per heavy atom. The van der Waals surface area contributed by atoms with Crippen molar-refractivity contribution >= 4 is 38.9 Å². The van der Waals surface area contributed by atoms with Gasteiger partial charge in [-0.3, -0.25) is 0 Å². The van der Waals surface area contributed by atoms with Crippen molar-refractivity contribution in [1.82, 2.24) is 0 Å². The van der Waals surface area contributed by atoms with Crippen LogP contribution in [0.5, 0.6) is 0 Å². The van der Waals surface area contributed by atoms with E-state index in [9.17, 15) is 13.2 Å². The van der Waals surface area contributed by atoms with Gasteiger partial charge >= 0.3 is 6.18 Å². The van der Waals surface area contributed by atoms with E-state index in [0.717, 1.165) is 0 Å². The van der Waals surface area contributed by atoms with E-state index in [4.69, 9.17) is 11.6 Å². The van der Waals surface area contributed by atoms with Crippen LogP contribution in [0.15, 0.2) is 9.85 Å². The molecule has 0 aromatic carbocycles. The van der Waals surface area contributed by atoms with Crippen LogP contribution in [0.1, 0.15) is 15.8 Å². The van der Waals surface area contributed by atoms with Crippen molar-refractivity contribution in [3.63, 3.8) is 0 Å². The maximum atomic E-state index is 12.2. The molecule has 1 atom stereocenters. The molecule has 0 spiro atoms. The molecule has 1 heterocycles. The van der Waals surface area contributed by atoms with E-state index in [1.54, 1.807) is 6.92 Å². The first-order valence-corrected chi connectivity index (χ1v) is 5.33. The maximum Gasteiger partial charge on any atom is 0.408 e. The SMILES string of the molecule is Cc1sc(Br)cc1C(Cl)C(F)(F)F. The second-order valence-corrected chi connectivity index (χ2v) is 5.54. The third-order valence-corrected chi connectivity index (χ3v) is 3.54. The van der Waals surface area contributed by atoms with Crippen molar-refractivity contribution in [2.45, 2.75) is 18.5 Å². The van der Waals surface area contributed by atoms with Gasteiger partial charge in [0.25, 0.3) is 0 Å². The second-order valence-electron chi connectivity index (χ2n) is 2.47. The minimum atomic E-state index is -4.38. The van der Waals surface area contributed by atoms with Gasteiger partial charge in [-0.2, -0.15) is 13.2 Å². The molecule has 1 rings (SSSR count). The summed E-state index contributed by atoms with van der Waals surface area (Å²) in [7, 11) is 0. The highest BCUT2D eigenvalue weighted by molar-refractivity contribution is 9.11. The van der Waals surface area contributed by atoms with Gasteiger partial charge in [-0.1, -0.05) is 0 Å². The second kappa shape index (κ2) is 3.79.